The van der Waals surface area contributed by atoms with Gasteiger partial charge in [-0.15, -0.1) is 0 Å². The Hall–Kier alpha value is -2.14. The molecule has 1 saturated heterocycles. The predicted octanol–water partition coefficient (Wildman–Crippen LogP) is 3.43. The number of halogens is 1. The molecule has 1 aromatic carbocycles. The predicted molar refractivity (Wildman–Crippen MR) is 92.5 cm³/mol. The lowest BCUT2D eigenvalue weighted by atomic mass is 10.1. The number of piperidine rings is 1. The van der Waals surface area contributed by atoms with Crippen LogP contribution in [0.4, 0.5) is 0 Å². The van der Waals surface area contributed by atoms with Gasteiger partial charge >= 0.3 is 6.01 Å². The average molecular weight is 346 g/mol. The monoisotopic (exact) mass is 345 g/mol. The summed E-state index contributed by atoms with van der Waals surface area (Å²) in [7, 11) is 0. The number of nitrogens with zero attached hydrogens (tertiary/aromatic N) is 3. The molecule has 0 spiro atoms. The molecule has 1 fully saturated rings. The molecule has 1 aromatic heterocycles. The highest BCUT2D eigenvalue weighted by Gasteiger charge is 2.26. The Labute approximate surface area is 146 Å². The number of hydrogen-bond donors (Lipinski definition) is 0. The van der Waals surface area contributed by atoms with E-state index in [1.165, 1.54) is 0 Å². The zero-order chi connectivity index (χ0) is 17.1. The van der Waals surface area contributed by atoms with E-state index in [-0.39, 0.29) is 12.0 Å². The van der Waals surface area contributed by atoms with Crippen molar-refractivity contribution in [3.8, 4) is 6.01 Å². The topological polar surface area (TPSA) is 55.3 Å². The largest absolute Gasteiger partial charge is 0.458 e. The van der Waals surface area contributed by atoms with Crippen LogP contribution in [-0.2, 0) is 0 Å². The molecule has 1 aliphatic heterocycles. The SMILES string of the molecule is Cc1cc(C)nc(O[C@@H]2CCCN(C(=O)c3cccc(Cl)c3)C2)n1. The summed E-state index contributed by atoms with van der Waals surface area (Å²) >= 11 is 5.98. The van der Waals surface area contributed by atoms with Crippen LogP contribution in [0, 0.1) is 13.8 Å². The standard InChI is InChI=1S/C18H20ClN3O2/c1-12-9-13(2)21-18(20-12)24-16-7-4-8-22(11-16)17(23)14-5-3-6-15(19)10-14/h3,5-6,9-10,16H,4,7-8,11H2,1-2H3/t16-/m1/s1. The van der Waals surface area contributed by atoms with E-state index in [0.717, 1.165) is 30.8 Å². The zero-order valence-corrected chi connectivity index (χ0v) is 14.6. The Morgan fingerprint density at radius 2 is 2.00 bits per heavy atom. The maximum absolute atomic E-state index is 12.6. The van der Waals surface area contributed by atoms with Crippen molar-refractivity contribution >= 4 is 17.5 Å². The van der Waals surface area contributed by atoms with Gasteiger partial charge in [-0.1, -0.05) is 17.7 Å². The number of rotatable bonds is 3. The molecular weight excluding hydrogens is 326 g/mol. The highest BCUT2D eigenvalue weighted by atomic mass is 35.5. The fourth-order valence-electron chi connectivity index (χ4n) is 2.92. The van der Waals surface area contributed by atoms with E-state index >= 15 is 0 Å². The van der Waals surface area contributed by atoms with Crippen molar-refractivity contribution in [2.75, 3.05) is 13.1 Å². The van der Waals surface area contributed by atoms with Crippen molar-refractivity contribution in [3.05, 3.63) is 52.3 Å². The Bertz CT molecular complexity index is 731. The van der Waals surface area contributed by atoms with E-state index < -0.39 is 0 Å². The number of aromatic nitrogens is 2. The van der Waals surface area contributed by atoms with Crippen LogP contribution in [0.5, 0.6) is 6.01 Å². The molecule has 5 nitrogen and oxygen atoms in total. The minimum Gasteiger partial charge on any atom is -0.458 e. The van der Waals surface area contributed by atoms with Crippen LogP contribution in [0.2, 0.25) is 5.02 Å². The number of carbonyl (C=O) groups excluding carboxylic acids is 1. The van der Waals surface area contributed by atoms with Crippen LogP contribution in [-0.4, -0.2) is 40.0 Å². The van der Waals surface area contributed by atoms with E-state index in [4.69, 9.17) is 16.3 Å². The summed E-state index contributed by atoms with van der Waals surface area (Å²) in [6.45, 7) is 5.08. The molecule has 3 rings (SSSR count). The first-order valence-electron chi connectivity index (χ1n) is 8.05. The van der Waals surface area contributed by atoms with Gasteiger partial charge in [0.05, 0.1) is 6.54 Å². The van der Waals surface area contributed by atoms with Gasteiger partial charge < -0.3 is 9.64 Å². The maximum Gasteiger partial charge on any atom is 0.317 e. The first kappa shape index (κ1) is 16.7. The number of aryl methyl sites for hydroxylation is 2. The van der Waals surface area contributed by atoms with Gasteiger partial charge in [-0.3, -0.25) is 4.79 Å². The molecule has 24 heavy (non-hydrogen) atoms. The molecule has 0 aliphatic carbocycles. The average Bonchev–Trinajstić information content (AvgIpc) is 2.53. The van der Waals surface area contributed by atoms with Crippen LogP contribution in [0.1, 0.15) is 34.6 Å². The second kappa shape index (κ2) is 7.18. The lowest BCUT2D eigenvalue weighted by Crippen LogP contribution is -2.44. The van der Waals surface area contributed by atoms with E-state index in [2.05, 4.69) is 9.97 Å². The summed E-state index contributed by atoms with van der Waals surface area (Å²) < 4.78 is 5.91. The third-order valence-corrected chi connectivity index (χ3v) is 4.21. The fourth-order valence-corrected chi connectivity index (χ4v) is 3.11. The molecule has 126 valence electrons. The Morgan fingerprint density at radius 3 is 2.71 bits per heavy atom. The molecule has 1 amide bonds. The normalized spacial score (nSPS) is 17.6. The molecule has 2 aromatic rings. The van der Waals surface area contributed by atoms with Crippen molar-refractivity contribution in [1.82, 2.24) is 14.9 Å². The molecular formula is C18H20ClN3O2. The Morgan fingerprint density at radius 1 is 1.25 bits per heavy atom. The van der Waals surface area contributed by atoms with Gasteiger partial charge in [0.1, 0.15) is 6.10 Å². The highest BCUT2D eigenvalue weighted by Crippen LogP contribution is 2.19. The number of carbonyl (C=O) groups is 1. The zero-order valence-electron chi connectivity index (χ0n) is 13.8. The summed E-state index contributed by atoms with van der Waals surface area (Å²) in [5, 5.41) is 0.564. The maximum atomic E-state index is 12.6. The number of benzene rings is 1. The molecule has 2 heterocycles. The molecule has 0 radical (unpaired) electrons. The summed E-state index contributed by atoms with van der Waals surface area (Å²) in [5.41, 5.74) is 2.35. The van der Waals surface area contributed by atoms with E-state index in [1.54, 1.807) is 24.3 Å². The smallest absolute Gasteiger partial charge is 0.317 e. The minimum atomic E-state index is -0.0944. The number of hydrogen-bond acceptors (Lipinski definition) is 4. The van der Waals surface area contributed by atoms with E-state index in [0.29, 0.717) is 23.1 Å². The number of likely N-dealkylation sites (tertiary alicyclic amines) is 1. The van der Waals surface area contributed by atoms with Crippen molar-refractivity contribution in [3.63, 3.8) is 0 Å². The van der Waals surface area contributed by atoms with Crippen LogP contribution < -0.4 is 4.74 Å². The molecule has 0 saturated carbocycles. The summed E-state index contributed by atoms with van der Waals surface area (Å²) in [6.07, 6.45) is 1.68. The summed E-state index contributed by atoms with van der Waals surface area (Å²) in [4.78, 5) is 23.1. The molecule has 1 aliphatic rings. The fraction of sp³-hybridized carbons (Fsp3) is 0.389. The highest BCUT2D eigenvalue weighted by molar-refractivity contribution is 6.30. The Balaban J connectivity index is 1.69. The summed E-state index contributed by atoms with van der Waals surface area (Å²) in [6, 6.07) is 9.32. The quantitative estimate of drug-likeness (QED) is 0.855. The van der Waals surface area contributed by atoms with Crippen molar-refractivity contribution < 1.29 is 9.53 Å². The first-order valence-corrected chi connectivity index (χ1v) is 8.43. The van der Waals surface area contributed by atoms with Crippen LogP contribution in [0.3, 0.4) is 0 Å². The van der Waals surface area contributed by atoms with Crippen LogP contribution in [0.15, 0.2) is 30.3 Å². The first-order chi connectivity index (χ1) is 11.5. The molecule has 6 heteroatoms. The van der Waals surface area contributed by atoms with Crippen molar-refractivity contribution in [2.45, 2.75) is 32.8 Å². The van der Waals surface area contributed by atoms with Crippen molar-refractivity contribution in [1.29, 1.82) is 0 Å². The summed E-state index contributed by atoms with van der Waals surface area (Å²) in [5.74, 6) is -0.0212. The molecule has 0 N–H and O–H groups in total. The molecule has 0 unspecified atom stereocenters. The third kappa shape index (κ3) is 4.03. The van der Waals surface area contributed by atoms with E-state index in [9.17, 15) is 4.79 Å². The van der Waals surface area contributed by atoms with Crippen LogP contribution in [0.25, 0.3) is 0 Å². The van der Waals surface area contributed by atoms with Gasteiger partial charge in [0.25, 0.3) is 5.91 Å². The van der Waals surface area contributed by atoms with Gasteiger partial charge in [-0.25, -0.2) is 9.97 Å². The van der Waals surface area contributed by atoms with E-state index in [1.807, 2.05) is 24.8 Å². The van der Waals surface area contributed by atoms with Crippen molar-refractivity contribution in [2.24, 2.45) is 0 Å². The number of amides is 1. The van der Waals surface area contributed by atoms with Gasteiger partial charge in [0.2, 0.25) is 0 Å². The molecule has 1 atom stereocenters. The lowest BCUT2D eigenvalue weighted by molar-refractivity contribution is 0.0515. The second-order valence-electron chi connectivity index (χ2n) is 6.08. The van der Waals surface area contributed by atoms with Crippen LogP contribution >= 0.6 is 11.6 Å². The third-order valence-electron chi connectivity index (χ3n) is 3.97. The Kier molecular flexibility index (Phi) is 5.00. The number of ether oxygens (including phenoxy) is 1. The van der Waals surface area contributed by atoms with Gasteiger partial charge in [-0.2, -0.15) is 0 Å². The lowest BCUT2D eigenvalue weighted by Gasteiger charge is -2.32. The van der Waals surface area contributed by atoms with Gasteiger partial charge in [0.15, 0.2) is 0 Å². The second-order valence-corrected chi connectivity index (χ2v) is 6.51. The van der Waals surface area contributed by atoms with Gasteiger partial charge in [0, 0.05) is 28.5 Å². The molecule has 0 bridgehead atoms. The minimum absolute atomic E-state index is 0.0212. The van der Waals surface area contributed by atoms with Gasteiger partial charge in [-0.05, 0) is 51.0 Å².